The Balaban J connectivity index is 1.80. The summed E-state index contributed by atoms with van der Waals surface area (Å²) in [5.74, 6) is 0.633. The normalized spacial score (nSPS) is 13.2. The Kier molecular flexibility index (Phi) is 5.97. The first-order valence-corrected chi connectivity index (χ1v) is 8.57. The van der Waals surface area contributed by atoms with Gasteiger partial charge in [0.15, 0.2) is 0 Å². The first kappa shape index (κ1) is 18.1. The number of methoxy groups -OCH3 is 1. The van der Waals surface area contributed by atoms with Crippen LogP contribution >= 0.6 is 0 Å². The molecule has 0 saturated heterocycles. The van der Waals surface area contributed by atoms with Crippen molar-refractivity contribution in [3.63, 3.8) is 0 Å². The van der Waals surface area contributed by atoms with Gasteiger partial charge in [0.2, 0.25) is 0 Å². The molecule has 2 aromatic carbocycles. The van der Waals surface area contributed by atoms with Crippen LogP contribution in [0.1, 0.15) is 35.6 Å². The summed E-state index contributed by atoms with van der Waals surface area (Å²) in [4.78, 5) is 4.22. The van der Waals surface area contributed by atoms with Crippen molar-refractivity contribution in [2.45, 2.75) is 25.6 Å². The number of ether oxygens (including phenoxy) is 2. The molecule has 0 spiro atoms. The molecular formula is C22H22FNO2. The highest BCUT2D eigenvalue weighted by Gasteiger charge is 2.22. The third-order valence-corrected chi connectivity index (χ3v) is 4.45. The van der Waals surface area contributed by atoms with Crippen LogP contribution in [-0.4, -0.2) is 12.1 Å². The summed E-state index contributed by atoms with van der Waals surface area (Å²) in [6.45, 7) is 2.55. The second-order valence-corrected chi connectivity index (χ2v) is 6.21. The van der Waals surface area contributed by atoms with Crippen molar-refractivity contribution >= 4 is 0 Å². The van der Waals surface area contributed by atoms with E-state index in [1.54, 1.807) is 25.4 Å². The number of benzene rings is 2. The molecule has 3 aromatic rings. The van der Waals surface area contributed by atoms with E-state index in [1.807, 2.05) is 42.6 Å². The summed E-state index contributed by atoms with van der Waals surface area (Å²) in [5.41, 5.74) is 3.08. The zero-order valence-electron chi connectivity index (χ0n) is 14.9. The Bertz CT molecular complexity index is 804. The quantitative estimate of drug-likeness (QED) is 0.579. The minimum Gasteiger partial charge on any atom is -0.497 e. The maximum atomic E-state index is 13.3. The van der Waals surface area contributed by atoms with Gasteiger partial charge in [-0.3, -0.25) is 4.98 Å². The van der Waals surface area contributed by atoms with Gasteiger partial charge in [-0.15, -0.1) is 0 Å². The van der Waals surface area contributed by atoms with Crippen molar-refractivity contribution in [1.29, 1.82) is 0 Å². The lowest BCUT2D eigenvalue weighted by atomic mass is 9.91. The van der Waals surface area contributed by atoms with Gasteiger partial charge in [0, 0.05) is 18.3 Å². The van der Waals surface area contributed by atoms with Crippen molar-refractivity contribution in [3.8, 4) is 5.75 Å². The average Bonchev–Trinajstić information content (AvgIpc) is 2.70. The molecule has 0 saturated carbocycles. The minimum atomic E-state index is -0.238. The first-order valence-electron chi connectivity index (χ1n) is 8.57. The maximum absolute atomic E-state index is 13.3. The molecule has 134 valence electrons. The average molecular weight is 351 g/mol. The Morgan fingerprint density at radius 2 is 1.69 bits per heavy atom. The van der Waals surface area contributed by atoms with Crippen LogP contribution in [0.25, 0.3) is 0 Å². The second kappa shape index (κ2) is 8.59. The molecule has 0 aliphatic carbocycles. The fraction of sp³-hybridized carbons (Fsp3) is 0.227. The van der Waals surface area contributed by atoms with E-state index >= 15 is 0 Å². The lowest BCUT2D eigenvalue weighted by Gasteiger charge is -2.25. The van der Waals surface area contributed by atoms with E-state index in [0.717, 1.165) is 22.4 Å². The number of hydrogen-bond acceptors (Lipinski definition) is 3. The van der Waals surface area contributed by atoms with E-state index in [9.17, 15) is 4.39 Å². The first-order chi connectivity index (χ1) is 12.7. The van der Waals surface area contributed by atoms with Gasteiger partial charge in [-0.05, 0) is 47.0 Å². The molecule has 0 N–H and O–H groups in total. The number of nitrogens with zero attached hydrogens (tertiary/aromatic N) is 1. The van der Waals surface area contributed by atoms with Crippen LogP contribution in [0.15, 0.2) is 73.1 Å². The Morgan fingerprint density at radius 1 is 0.962 bits per heavy atom. The molecule has 26 heavy (non-hydrogen) atoms. The van der Waals surface area contributed by atoms with Gasteiger partial charge in [-0.2, -0.15) is 0 Å². The van der Waals surface area contributed by atoms with E-state index < -0.39 is 0 Å². The van der Waals surface area contributed by atoms with Gasteiger partial charge in [-0.25, -0.2) is 4.39 Å². The molecule has 0 aliphatic heterocycles. The topological polar surface area (TPSA) is 31.4 Å². The van der Waals surface area contributed by atoms with Crippen LogP contribution in [0.3, 0.4) is 0 Å². The summed E-state index contributed by atoms with van der Waals surface area (Å²) in [6.07, 6.45) is 3.38. The molecule has 2 atom stereocenters. The number of rotatable bonds is 7. The molecule has 1 unspecified atom stereocenters. The smallest absolute Gasteiger partial charge is 0.123 e. The predicted molar refractivity (Wildman–Crippen MR) is 99.6 cm³/mol. The monoisotopic (exact) mass is 351 g/mol. The molecule has 4 heteroatoms. The molecule has 0 fully saturated rings. The van der Waals surface area contributed by atoms with Crippen LogP contribution in [0.5, 0.6) is 5.75 Å². The molecule has 0 radical (unpaired) electrons. The van der Waals surface area contributed by atoms with Crippen molar-refractivity contribution in [3.05, 3.63) is 95.6 Å². The van der Waals surface area contributed by atoms with Crippen molar-refractivity contribution in [2.75, 3.05) is 7.11 Å². The molecule has 0 aliphatic rings. The summed E-state index contributed by atoms with van der Waals surface area (Å²) in [5, 5.41) is 0. The predicted octanol–water partition coefficient (Wildman–Crippen LogP) is 5.29. The lowest BCUT2D eigenvalue weighted by molar-refractivity contribution is 0.0239. The van der Waals surface area contributed by atoms with E-state index in [1.165, 1.54) is 12.1 Å². The van der Waals surface area contributed by atoms with E-state index in [-0.39, 0.29) is 17.8 Å². The van der Waals surface area contributed by atoms with Crippen molar-refractivity contribution in [1.82, 2.24) is 4.98 Å². The zero-order valence-corrected chi connectivity index (χ0v) is 14.9. The summed E-state index contributed by atoms with van der Waals surface area (Å²) in [6, 6.07) is 18.3. The highest BCUT2D eigenvalue weighted by molar-refractivity contribution is 5.28. The van der Waals surface area contributed by atoms with Gasteiger partial charge >= 0.3 is 0 Å². The zero-order chi connectivity index (χ0) is 18.4. The van der Waals surface area contributed by atoms with Gasteiger partial charge in [-0.1, -0.05) is 37.3 Å². The second-order valence-electron chi connectivity index (χ2n) is 6.21. The van der Waals surface area contributed by atoms with E-state index in [0.29, 0.717) is 6.61 Å². The number of pyridine rings is 1. The number of halogens is 1. The van der Waals surface area contributed by atoms with Crippen LogP contribution < -0.4 is 4.74 Å². The van der Waals surface area contributed by atoms with E-state index in [4.69, 9.17) is 9.47 Å². The molecule has 1 heterocycles. The minimum absolute atomic E-state index is 0.0537. The SMILES string of the molecule is COc1ccc(COC(c2cccnc2)[C@@H](C)c2ccc(F)cc2)cc1. The third-order valence-electron chi connectivity index (χ3n) is 4.45. The standard InChI is InChI=1S/C22H22FNO2/c1-16(18-7-9-20(23)10-8-18)22(19-4-3-13-24-14-19)26-15-17-5-11-21(25-2)12-6-17/h3-14,16,22H,15H2,1-2H3/t16-,22?/m0/s1. The Labute approximate surface area is 153 Å². The van der Waals surface area contributed by atoms with Crippen LogP contribution in [0.4, 0.5) is 4.39 Å². The molecule has 0 amide bonds. The molecule has 1 aromatic heterocycles. The van der Waals surface area contributed by atoms with Crippen LogP contribution in [0.2, 0.25) is 0 Å². The fourth-order valence-electron chi connectivity index (χ4n) is 2.92. The molecular weight excluding hydrogens is 329 g/mol. The largest absolute Gasteiger partial charge is 0.497 e. The van der Waals surface area contributed by atoms with Gasteiger partial charge in [0.05, 0.1) is 19.8 Å². The maximum Gasteiger partial charge on any atom is 0.123 e. The highest BCUT2D eigenvalue weighted by Crippen LogP contribution is 2.34. The van der Waals surface area contributed by atoms with Gasteiger partial charge < -0.3 is 9.47 Å². The summed E-state index contributed by atoms with van der Waals surface area (Å²) < 4.78 is 24.7. The highest BCUT2D eigenvalue weighted by atomic mass is 19.1. The van der Waals surface area contributed by atoms with Gasteiger partial charge in [0.1, 0.15) is 11.6 Å². The molecule has 3 rings (SSSR count). The third kappa shape index (κ3) is 4.46. The summed E-state index contributed by atoms with van der Waals surface area (Å²) in [7, 11) is 1.65. The number of aromatic nitrogens is 1. The van der Waals surface area contributed by atoms with Crippen molar-refractivity contribution in [2.24, 2.45) is 0 Å². The Hall–Kier alpha value is -2.72. The Morgan fingerprint density at radius 3 is 2.31 bits per heavy atom. The van der Waals surface area contributed by atoms with E-state index in [2.05, 4.69) is 11.9 Å². The fourth-order valence-corrected chi connectivity index (χ4v) is 2.92. The lowest BCUT2D eigenvalue weighted by Crippen LogP contribution is -2.13. The van der Waals surface area contributed by atoms with Crippen LogP contribution in [0, 0.1) is 5.82 Å². The van der Waals surface area contributed by atoms with Crippen molar-refractivity contribution < 1.29 is 13.9 Å². The van der Waals surface area contributed by atoms with Crippen LogP contribution in [-0.2, 0) is 11.3 Å². The van der Waals surface area contributed by atoms with Gasteiger partial charge in [0.25, 0.3) is 0 Å². The number of hydrogen-bond donors (Lipinski definition) is 0. The molecule has 3 nitrogen and oxygen atoms in total. The summed E-state index contributed by atoms with van der Waals surface area (Å²) >= 11 is 0. The molecule has 0 bridgehead atoms.